The van der Waals surface area contributed by atoms with Crippen LogP contribution in [0.1, 0.15) is 63.8 Å². The first kappa shape index (κ1) is 21.9. The van der Waals surface area contributed by atoms with Crippen LogP contribution >= 0.6 is 0 Å². The number of H-pyrrole nitrogens is 1. The van der Waals surface area contributed by atoms with Crippen molar-refractivity contribution in [2.24, 2.45) is 5.92 Å². The van der Waals surface area contributed by atoms with Crippen molar-refractivity contribution in [1.29, 1.82) is 0 Å². The van der Waals surface area contributed by atoms with Gasteiger partial charge in [-0.15, -0.1) is 0 Å². The third kappa shape index (κ3) is 4.90. The van der Waals surface area contributed by atoms with Crippen LogP contribution in [0.3, 0.4) is 0 Å². The zero-order valence-corrected chi connectivity index (χ0v) is 19.2. The Kier molecular flexibility index (Phi) is 6.62. The number of piperidine rings is 1. The molecule has 8 heteroatoms. The van der Waals surface area contributed by atoms with Gasteiger partial charge in [-0.1, -0.05) is 19.3 Å². The molecule has 5 rings (SSSR count). The number of aromatic amines is 1. The SMILES string of the molecule is O=c1[nH]n(C2CCCCC2)c2nc(Nc3ccc(N4CCC(CCCO)CC4)cc3)ncc12. The van der Waals surface area contributed by atoms with Crippen molar-refractivity contribution in [2.75, 3.05) is 29.9 Å². The van der Waals surface area contributed by atoms with Crippen molar-refractivity contribution in [1.82, 2.24) is 19.7 Å². The third-order valence-corrected chi connectivity index (χ3v) is 7.28. The lowest BCUT2D eigenvalue weighted by Gasteiger charge is -2.33. The van der Waals surface area contributed by atoms with E-state index in [0.717, 1.165) is 50.4 Å². The Morgan fingerprint density at radius 3 is 2.55 bits per heavy atom. The van der Waals surface area contributed by atoms with E-state index in [9.17, 15) is 4.79 Å². The lowest BCUT2D eigenvalue weighted by Crippen LogP contribution is -2.33. The maximum Gasteiger partial charge on any atom is 0.275 e. The van der Waals surface area contributed by atoms with Gasteiger partial charge in [0, 0.05) is 37.3 Å². The molecule has 1 aliphatic heterocycles. The third-order valence-electron chi connectivity index (χ3n) is 7.28. The second-order valence-corrected chi connectivity index (χ2v) is 9.50. The molecule has 3 aromatic rings. The van der Waals surface area contributed by atoms with Crippen molar-refractivity contribution < 1.29 is 5.11 Å². The molecule has 176 valence electrons. The number of aromatic nitrogens is 4. The Balaban J connectivity index is 1.26. The van der Waals surface area contributed by atoms with Gasteiger partial charge in [-0.25, -0.2) is 4.98 Å². The summed E-state index contributed by atoms with van der Waals surface area (Å²) in [5.74, 6) is 1.24. The van der Waals surface area contributed by atoms with Crippen LogP contribution in [0.5, 0.6) is 0 Å². The quantitative estimate of drug-likeness (QED) is 0.495. The number of aliphatic hydroxyl groups is 1. The fraction of sp³-hybridized carbons (Fsp3) is 0.560. The highest BCUT2D eigenvalue weighted by molar-refractivity contribution is 5.75. The maximum atomic E-state index is 12.4. The lowest BCUT2D eigenvalue weighted by atomic mass is 9.92. The van der Waals surface area contributed by atoms with E-state index >= 15 is 0 Å². The summed E-state index contributed by atoms with van der Waals surface area (Å²) in [7, 11) is 0. The number of benzene rings is 1. The van der Waals surface area contributed by atoms with Crippen molar-refractivity contribution in [3.05, 3.63) is 40.8 Å². The molecular formula is C25H34N6O2. The van der Waals surface area contributed by atoms with Gasteiger partial charge < -0.3 is 15.3 Å². The van der Waals surface area contributed by atoms with E-state index < -0.39 is 0 Å². The van der Waals surface area contributed by atoms with Crippen LogP contribution in [-0.2, 0) is 0 Å². The van der Waals surface area contributed by atoms with Crippen molar-refractivity contribution >= 4 is 28.4 Å². The van der Waals surface area contributed by atoms with E-state index in [1.165, 1.54) is 37.8 Å². The molecule has 0 amide bonds. The van der Waals surface area contributed by atoms with Gasteiger partial charge in [0.15, 0.2) is 5.65 Å². The van der Waals surface area contributed by atoms with Gasteiger partial charge in [-0.05, 0) is 68.7 Å². The molecule has 8 nitrogen and oxygen atoms in total. The fourth-order valence-electron chi connectivity index (χ4n) is 5.35. The molecule has 1 saturated heterocycles. The largest absolute Gasteiger partial charge is 0.396 e. The summed E-state index contributed by atoms with van der Waals surface area (Å²) in [5, 5.41) is 15.9. The van der Waals surface area contributed by atoms with Crippen LogP contribution in [0.4, 0.5) is 17.3 Å². The summed E-state index contributed by atoms with van der Waals surface area (Å²) < 4.78 is 1.96. The first-order valence-electron chi connectivity index (χ1n) is 12.4. The Labute approximate surface area is 194 Å². The first-order valence-corrected chi connectivity index (χ1v) is 12.4. The minimum absolute atomic E-state index is 0.119. The van der Waals surface area contributed by atoms with E-state index in [4.69, 9.17) is 10.1 Å². The van der Waals surface area contributed by atoms with E-state index in [1.807, 2.05) is 4.68 Å². The first-order chi connectivity index (χ1) is 16.2. The Bertz CT molecular complexity index is 1110. The van der Waals surface area contributed by atoms with Crippen LogP contribution in [0.25, 0.3) is 11.0 Å². The average Bonchev–Trinajstić information content (AvgIpc) is 3.20. The molecule has 2 aliphatic rings. The molecular weight excluding hydrogens is 416 g/mol. The average molecular weight is 451 g/mol. The number of fused-ring (bicyclic) bond motifs is 1. The van der Waals surface area contributed by atoms with Gasteiger partial charge in [0.1, 0.15) is 5.39 Å². The summed E-state index contributed by atoms with van der Waals surface area (Å²) in [5.41, 5.74) is 2.73. The van der Waals surface area contributed by atoms with E-state index in [2.05, 4.69) is 44.6 Å². The molecule has 0 radical (unpaired) electrons. The molecule has 0 bridgehead atoms. The molecule has 3 N–H and O–H groups in total. The zero-order chi connectivity index (χ0) is 22.6. The summed E-state index contributed by atoms with van der Waals surface area (Å²) in [4.78, 5) is 23.9. The van der Waals surface area contributed by atoms with Crippen LogP contribution in [0, 0.1) is 5.92 Å². The highest BCUT2D eigenvalue weighted by atomic mass is 16.2. The number of anilines is 3. The molecule has 0 atom stereocenters. The number of rotatable bonds is 7. The van der Waals surface area contributed by atoms with Crippen LogP contribution in [0.2, 0.25) is 0 Å². The van der Waals surface area contributed by atoms with Crippen LogP contribution < -0.4 is 15.8 Å². The molecule has 33 heavy (non-hydrogen) atoms. The highest BCUT2D eigenvalue weighted by Gasteiger charge is 2.21. The van der Waals surface area contributed by atoms with Crippen molar-refractivity contribution in [3.8, 4) is 0 Å². The minimum atomic E-state index is -0.119. The lowest BCUT2D eigenvalue weighted by molar-refractivity contribution is 0.261. The predicted molar refractivity (Wildman–Crippen MR) is 131 cm³/mol. The van der Waals surface area contributed by atoms with E-state index in [-0.39, 0.29) is 5.56 Å². The molecule has 0 spiro atoms. The molecule has 1 aromatic carbocycles. The van der Waals surface area contributed by atoms with Crippen LogP contribution in [-0.4, -0.2) is 44.6 Å². The molecule has 0 unspecified atom stereocenters. The molecule has 1 aliphatic carbocycles. The fourth-order valence-corrected chi connectivity index (χ4v) is 5.35. The zero-order valence-electron chi connectivity index (χ0n) is 19.2. The Hall–Kier alpha value is -2.87. The second-order valence-electron chi connectivity index (χ2n) is 9.50. The monoisotopic (exact) mass is 450 g/mol. The maximum absolute atomic E-state index is 12.4. The normalized spacial score (nSPS) is 18.2. The van der Waals surface area contributed by atoms with Crippen molar-refractivity contribution in [2.45, 2.75) is 63.8 Å². The summed E-state index contributed by atoms with van der Waals surface area (Å²) in [6, 6.07) is 8.71. The van der Waals surface area contributed by atoms with Gasteiger partial charge in [0.05, 0.1) is 6.04 Å². The number of aliphatic hydroxyl groups excluding tert-OH is 1. The van der Waals surface area contributed by atoms with Gasteiger partial charge in [-0.3, -0.25) is 14.6 Å². The molecule has 2 aromatic heterocycles. The van der Waals surface area contributed by atoms with E-state index in [1.54, 1.807) is 6.20 Å². The topological polar surface area (TPSA) is 99.1 Å². The number of hydrogen-bond donors (Lipinski definition) is 3. The highest BCUT2D eigenvalue weighted by Crippen LogP contribution is 2.30. The molecule has 3 heterocycles. The minimum Gasteiger partial charge on any atom is -0.396 e. The molecule has 2 fully saturated rings. The number of nitrogens with one attached hydrogen (secondary N) is 2. The smallest absolute Gasteiger partial charge is 0.275 e. The van der Waals surface area contributed by atoms with Crippen molar-refractivity contribution in [3.63, 3.8) is 0 Å². The summed E-state index contributed by atoms with van der Waals surface area (Å²) in [6.07, 6.45) is 11.8. The second kappa shape index (κ2) is 9.95. The van der Waals surface area contributed by atoms with Gasteiger partial charge in [-0.2, -0.15) is 4.98 Å². The standard InChI is InChI=1S/C25H34N6O2/c32-16-4-5-18-12-14-30(15-13-18)20-10-8-19(9-11-20)27-25-26-17-22-23(28-25)31(29-24(22)33)21-6-2-1-3-7-21/h8-11,17-18,21,32H,1-7,12-16H2,(H,29,33)(H,26,27,28). The number of nitrogens with zero attached hydrogens (tertiary/aromatic N) is 4. The number of hydrogen-bond acceptors (Lipinski definition) is 6. The summed E-state index contributed by atoms with van der Waals surface area (Å²) >= 11 is 0. The predicted octanol–water partition coefficient (Wildman–Crippen LogP) is 4.36. The molecule has 1 saturated carbocycles. The Morgan fingerprint density at radius 2 is 1.82 bits per heavy atom. The Morgan fingerprint density at radius 1 is 1.06 bits per heavy atom. The van der Waals surface area contributed by atoms with Gasteiger partial charge in [0.2, 0.25) is 5.95 Å². The van der Waals surface area contributed by atoms with Gasteiger partial charge >= 0.3 is 0 Å². The van der Waals surface area contributed by atoms with Crippen LogP contribution in [0.15, 0.2) is 35.3 Å². The summed E-state index contributed by atoms with van der Waals surface area (Å²) in [6.45, 7) is 2.43. The van der Waals surface area contributed by atoms with Gasteiger partial charge in [0.25, 0.3) is 5.56 Å². The van der Waals surface area contributed by atoms with E-state index in [0.29, 0.717) is 29.6 Å².